The number of thiophene rings is 1. The summed E-state index contributed by atoms with van der Waals surface area (Å²) in [4.78, 5) is 28.5. The third-order valence-corrected chi connectivity index (χ3v) is 5.63. The average molecular weight is 340 g/mol. The van der Waals surface area contributed by atoms with Crippen LogP contribution < -0.4 is 5.32 Å². The highest BCUT2D eigenvalue weighted by molar-refractivity contribution is 7.09. The summed E-state index contributed by atoms with van der Waals surface area (Å²) in [5.74, 6) is 0.188. The Morgan fingerprint density at radius 1 is 1.17 bits per heavy atom. The number of rotatable bonds is 4. The van der Waals surface area contributed by atoms with Crippen molar-refractivity contribution in [1.82, 2.24) is 10.2 Å². The molecule has 0 spiro atoms. The zero-order valence-corrected chi connectivity index (χ0v) is 14.2. The van der Waals surface area contributed by atoms with E-state index in [9.17, 15) is 9.59 Å². The maximum atomic E-state index is 12.9. The Labute approximate surface area is 145 Å². The number of nitrogens with zero attached hydrogens (tertiary/aromatic N) is 1. The fraction of sp³-hybridized carbons (Fsp3) is 0.368. The Morgan fingerprint density at radius 3 is 2.75 bits per heavy atom. The number of carbonyl (C=O) groups excluding carboxylic acids is 2. The van der Waals surface area contributed by atoms with Gasteiger partial charge in [0.1, 0.15) is 6.04 Å². The predicted molar refractivity (Wildman–Crippen MR) is 93.5 cm³/mol. The quantitative estimate of drug-likeness (QED) is 0.930. The van der Waals surface area contributed by atoms with E-state index in [1.165, 1.54) is 5.56 Å². The lowest BCUT2D eigenvalue weighted by Gasteiger charge is -2.36. The molecule has 2 heterocycles. The van der Waals surface area contributed by atoms with Crippen molar-refractivity contribution in [1.29, 1.82) is 0 Å². The Morgan fingerprint density at radius 2 is 2.00 bits per heavy atom. The van der Waals surface area contributed by atoms with Crippen LogP contribution in [0.25, 0.3) is 0 Å². The molecule has 24 heavy (non-hydrogen) atoms. The molecule has 124 valence electrons. The van der Waals surface area contributed by atoms with Crippen LogP contribution in [0.15, 0.2) is 41.8 Å². The maximum Gasteiger partial charge on any atom is 0.247 e. The summed E-state index contributed by atoms with van der Waals surface area (Å²) in [5.41, 5.74) is 2.15. The largest absolute Gasteiger partial charge is 0.349 e. The fourth-order valence-electron chi connectivity index (χ4n) is 3.34. The molecule has 1 atom stereocenters. The molecule has 1 aliphatic carbocycles. The van der Waals surface area contributed by atoms with Crippen LogP contribution >= 0.6 is 11.3 Å². The number of amides is 2. The highest BCUT2D eigenvalue weighted by Crippen LogP contribution is 2.37. The molecule has 4 rings (SSSR count). The number of carbonyl (C=O) groups is 2. The van der Waals surface area contributed by atoms with E-state index in [1.807, 2.05) is 35.7 Å². The van der Waals surface area contributed by atoms with Gasteiger partial charge >= 0.3 is 0 Å². The summed E-state index contributed by atoms with van der Waals surface area (Å²) in [6.07, 6.45) is 2.74. The summed E-state index contributed by atoms with van der Waals surface area (Å²) in [6.45, 7) is 1.14. The van der Waals surface area contributed by atoms with Gasteiger partial charge in [0.15, 0.2) is 0 Å². The smallest absolute Gasteiger partial charge is 0.247 e. The highest BCUT2D eigenvalue weighted by Gasteiger charge is 2.41. The number of nitrogens with one attached hydrogen (secondary N) is 1. The summed E-state index contributed by atoms with van der Waals surface area (Å²) in [5, 5.41) is 5.02. The third-order valence-electron chi connectivity index (χ3n) is 4.76. The summed E-state index contributed by atoms with van der Waals surface area (Å²) in [6, 6.07) is 11.5. The first-order valence-electron chi connectivity index (χ1n) is 8.42. The van der Waals surface area contributed by atoms with Crippen LogP contribution in [-0.4, -0.2) is 23.3 Å². The van der Waals surface area contributed by atoms with Gasteiger partial charge in [-0.05, 0) is 41.8 Å². The Bertz CT molecular complexity index is 752. The second kappa shape index (κ2) is 6.40. The highest BCUT2D eigenvalue weighted by atomic mass is 32.1. The van der Waals surface area contributed by atoms with Crippen LogP contribution in [0, 0.1) is 5.92 Å². The normalized spacial score (nSPS) is 19.7. The van der Waals surface area contributed by atoms with Crippen molar-refractivity contribution in [3.8, 4) is 0 Å². The lowest BCUT2D eigenvalue weighted by molar-refractivity contribution is -0.142. The lowest BCUT2D eigenvalue weighted by Crippen LogP contribution is -2.47. The first-order valence-corrected chi connectivity index (χ1v) is 9.30. The standard InChI is InChI=1S/C19H20N2O2S/c22-18(20-12-15-5-3-11-24-15)17-16-6-2-1-4-13(16)9-10-21(17)19(23)14-7-8-14/h1-6,11,14,17H,7-10,12H2,(H,20,22)/t17-/m1/s1. The lowest BCUT2D eigenvalue weighted by atomic mass is 9.91. The van der Waals surface area contributed by atoms with E-state index in [1.54, 1.807) is 16.2 Å². The van der Waals surface area contributed by atoms with E-state index in [4.69, 9.17) is 0 Å². The van der Waals surface area contributed by atoms with Crippen LogP contribution in [0.4, 0.5) is 0 Å². The van der Waals surface area contributed by atoms with Gasteiger partial charge in [0.25, 0.3) is 0 Å². The molecule has 1 aromatic carbocycles. The van der Waals surface area contributed by atoms with Crippen molar-refractivity contribution in [2.45, 2.75) is 31.8 Å². The number of fused-ring (bicyclic) bond motifs is 1. The fourth-order valence-corrected chi connectivity index (χ4v) is 3.98. The predicted octanol–water partition coefficient (Wildman–Crippen LogP) is 2.90. The van der Waals surface area contributed by atoms with Crippen molar-refractivity contribution >= 4 is 23.2 Å². The Kier molecular flexibility index (Phi) is 4.10. The molecule has 1 N–H and O–H groups in total. The zero-order valence-electron chi connectivity index (χ0n) is 13.4. The van der Waals surface area contributed by atoms with Crippen molar-refractivity contribution in [3.63, 3.8) is 0 Å². The van der Waals surface area contributed by atoms with E-state index in [-0.39, 0.29) is 17.7 Å². The van der Waals surface area contributed by atoms with E-state index in [0.29, 0.717) is 13.1 Å². The van der Waals surface area contributed by atoms with E-state index in [0.717, 1.165) is 29.7 Å². The van der Waals surface area contributed by atoms with Gasteiger partial charge in [-0.3, -0.25) is 9.59 Å². The van der Waals surface area contributed by atoms with Gasteiger partial charge in [0.05, 0.1) is 6.54 Å². The van der Waals surface area contributed by atoms with Gasteiger partial charge in [-0.1, -0.05) is 30.3 Å². The van der Waals surface area contributed by atoms with Gasteiger partial charge in [-0.2, -0.15) is 0 Å². The average Bonchev–Trinajstić information content (AvgIpc) is 3.34. The molecule has 2 aliphatic rings. The SMILES string of the molecule is O=C(NCc1cccs1)[C@H]1c2ccccc2CCN1C(=O)C1CC1. The molecule has 2 amide bonds. The molecule has 5 heteroatoms. The molecule has 0 saturated heterocycles. The summed E-state index contributed by atoms with van der Waals surface area (Å²) >= 11 is 1.62. The van der Waals surface area contributed by atoms with Gasteiger partial charge in [-0.25, -0.2) is 0 Å². The molecular formula is C19H20N2O2S. The van der Waals surface area contributed by atoms with E-state index < -0.39 is 6.04 Å². The van der Waals surface area contributed by atoms with Crippen LogP contribution in [0.3, 0.4) is 0 Å². The summed E-state index contributed by atoms with van der Waals surface area (Å²) < 4.78 is 0. The third kappa shape index (κ3) is 2.96. The number of hydrogen-bond acceptors (Lipinski definition) is 3. The second-order valence-electron chi connectivity index (χ2n) is 6.45. The molecule has 0 radical (unpaired) electrons. The molecule has 1 aliphatic heterocycles. The second-order valence-corrected chi connectivity index (χ2v) is 7.49. The van der Waals surface area contributed by atoms with Gasteiger partial charge in [0, 0.05) is 17.3 Å². The van der Waals surface area contributed by atoms with Gasteiger partial charge < -0.3 is 10.2 Å². The van der Waals surface area contributed by atoms with Gasteiger partial charge in [-0.15, -0.1) is 11.3 Å². The minimum atomic E-state index is -0.497. The van der Waals surface area contributed by atoms with E-state index in [2.05, 4.69) is 11.4 Å². The molecule has 0 bridgehead atoms. The number of benzene rings is 1. The van der Waals surface area contributed by atoms with Crippen LogP contribution in [-0.2, 0) is 22.6 Å². The summed E-state index contributed by atoms with van der Waals surface area (Å²) in [7, 11) is 0. The van der Waals surface area contributed by atoms with Crippen LogP contribution in [0.2, 0.25) is 0 Å². The zero-order chi connectivity index (χ0) is 16.5. The van der Waals surface area contributed by atoms with Crippen molar-refractivity contribution in [2.75, 3.05) is 6.54 Å². The molecule has 2 aromatic rings. The minimum Gasteiger partial charge on any atom is -0.349 e. The van der Waals surface area contributed by atoms with Crippen molar-refractivity contribution < 1.29 is 9.59 Å². The molecule has 1 aromatic heterocycles. The van der Waals surface area contributed by atoms with E-state index >= 15 is 0 Å². The monoisotopic (exact) mass is 340 g/mol. The first-order chi connectivity index (χ1) is 11.7. The van der Waals surface area contributed by atoms with Crippen LogP contribution in [0.1, 0.15) is 34.9 Å². The molecule has 0 unspecified atom stereocenters. The minimum absolute atomic E-state index is 0.0791. The molecule has 1 saturated carbocycles. The Balaban J connectivity index is 1.59. The number of hydrogen-bond donors (Lipinski definition) is 1. The Hall–Kier alpha value is -2.14. The van der Waals surface area contributed by atoms with Crippen molar-refractivity contribution in [3.05, 3.63) is 57.8 Å². The maximum absolute atomic E-state index is 12.9. The molecular weight excluding hydrogens is 320 g/mol. The van der Waals surface area contributed by atoms with Gasteiger partial charge in [0.2, 0.25) is 11.8 Å². The molecule has 1 fully saturated rings. The molecule has 4 nitrogen and oxygen atoms in total. The topological polar surface area (TPSA) is 49.4 Å². The van der Waals surface area contributed by atoms with Crippen LogP contribution in [0.5, 0.6) is 0 Å². The van der Waals surface area contributed by atoms with Crippen molar-refractivity contribution in [2.24, 2.45) is 5.92 Å². The first kappa shape index (κ1) is 15.4.